The van der Waals surface area contributed by atoms with Gasteiger partial charge in [0.1, 0.15) is 17.1 Å². The number of aromatic amines is 1. The maximum absolute atomic E-state index is 12.2. The van der Waals surface area contributed by atoms with Gasteiger partial charge < -0.3 is 20.2 Å². The molecule has 0 radical (unpaired) electrons. The zero-order chi connectivity index (χ0) is 14.9. The lowest BCUT2D eigenvalue weighted by Gasteiger charge is -2.08. The van der Waals surface area contributed by atoms with E-state index >= 15 is 0 Å². The van der Waals surface area contributed by atoms with Crippen LogP contribution in [0.1, 0.15) is 17.3 Å². The topological polar surface area (TPSA) is 77.3 Å². The first-order chi connectivity index (χ1) is 9.31. The van der Waals surface area contributed by atoms with Crippen molar-refractivity contribution in [3.8, 4) is 5.75 Å². The summed E-state index contributed by atoms with van der Waals surface area (Å²) in [5.74, 6) is -1.11. The summed E-state index contributed by atoms with van der Waals surface area (Å²) in [6.07, 6.45) is -4.81. The second-order valence-electron chi connectivity index (χ2n) is 3.89. The zero-order valence-electron chi connectivity index (χ0n) is 10.4. The Hall–Kier alpha value is -2.38. The maximum atomic E-state index is 12.2. The number of ether oxygens (including phenoxy) is 2. The number of H-pyrrole nitrogens is 1. The van der Waals surface area contributed by atoms with E-state index in [0.717, 1.165) is 12.1 Å². The quantitative estimate of drug-likeness (QED) is 0.851. The number of esters is 1. The Morgan fingerprint density at radius 2 is 2.10 bits per heavy atom. The molecule has 1 aromatic heterocycles. The number of rotatable bonds is 3. The average Bonchev–Trinajstić information content (AvgIpc) is 2.62. The van der Waals surface area contributed by atoms with Crippen LogP contribution in [0.3, 0.4) is 0 Å². The summed E-state index contributed by atoms with van der Waals surface area (Å²) in [6.45, 7) is 1.74. The number of halogens is 3. The number of aromatic nitrogens is 1. The van der Waals surface area contributed by atoms with E-state index in [4.69, 9.17) is 10.5 Å². The first-order valence-corrected chi connectivity index (χ1v) is 5.66. The van der Waals surface area contributed by atoms with Crippen LogP contribution in [0.4, 0.5) is 19.0 Å². The summed E-state index contributed by atoms with van der Waals surface area (Å²) in [5.41, 5.74) is 6.05. The number of fused-ring (bicyclic) bond motifs is 1. The molecular formula is C12H11F3N2O3. The second kappa shape index (κ2) is 4.95. The third-order valence-corrected chi connectivity index (χ3v) is 2.51. The number of carbonyl (C=O) groups excluding carboxylic acids is 1. The van der Waals surface area contributed by atoms with E-state index in [1.165, 1.54) is 6.07 Å². The van der Waals surface area contributed by atoms with Crippen LogP contribution in [0.2, 0.25) is 0 Å². The molecule has 0 saturated carbocycles. The molecule has 3 N–H and O–H groups in total. The molecule has 0 spiro atoms. The smallest absolute Gasteiger partial charge is 0.462 e. The Bertz CT molecular complexity index is 649. The van der Waals surface area contributed by atoms with Gasteiger partial charge in [0, 0.05) is 10.9 Å². The van der Waals surface area contributed by atoms with Gasteiger partial charge in [-0.05, 0) is 25.1 Å². The lowest BCUT2D eigenvalue weighted by Crippen LogP contribution is -2.17. The highest BCUT2D eigenvalue weighted by Gasteiger charge is 2.31. The molecule has 1 aromatic carbocycles. The first-order valence-electron chi connectivity index (χ1n) is 5.66. The largest absolute Gasteiger partial charge is 0.573 e. The van der Waals surface area contributed by atoms with E-state index in [0.29, 0.717) is 5.52 Å². The normalized spacial score (nSPS) is 11.6. The highest BCUT2D eigenvalue weighted by molar-refractivity contribution is 6.09. The van der Waals surface area contributed by atoms with E-state index in [1.54, 1.807) is 6.92 Å². The third kappa shape index (κ3) is 2.79. The molecule has 8 heteroatoms. The molecule has 5 nitrogen and oxygen atoms in total. The van der Waals surface area contributed by atoms with Crippen molar-refractivity contribution in [2.24, 2.45) is 0 Å². The van der Waals surface area contributed by atoms with Crippen LogP contribution >= 0.6 is 0 Å². The van der Waals surface area contributed by atoms with Gasteiger partial charge in [-0.1, -0.05) is 0 Å². The summed E-state index contributed by atoms with van der Waals surface area (Å²) >= 11 is 0. The van der Waals surface area contributed by atoms with Crippen LogP contribution < -0.4 is 10.5 Å². The van der Waals surface area contributed by atoms with Crippen LogP contribution in [0.5, 0.6) is 5.75 Å². The first kappa shape index (κ1) is 14.0. The molecular weight excluding hydrogens is 277 g/mol. The number of benzene rings is 1. The standard InChI is InChI=1S/C12H11F3N2O3/c1-2-19-11(18)9-7-5-6(20-12(13,14)15)3-4-8(7)17-10(9)16/h3-5,17H,2,16H2,1H3. The summed E-state index contributed by atoms with van der Waals surface area (Å²) in [6, 6.07) is 3.55. The molecule has 2 aromatic rings. The Kier molecular flexibility index (Phi) is 3.47. The van der Waals surface area contributed by atoms with Crippen molar-refractivity contribution in [2.75, 3.05) is 12.3 Å². The monoisotopic (exact) mass is 288 g/mol. The number of nitrogens with two attached hydrogens (primary N) is 1. The fourth-order valence-electron chi connectivity index (χ4n) is 1.81. The van der Waals surface area contributed by atoms with E-state index in [2.05, 4.69) is 9.72 Å². The molecule has 0 bridgehead atoms. The molecule has 108 valence electrons. The molecule has 20 heavy (non-hydrogen) atoms. The number of nitrogens with one attached hydrogen (secondary N) is 1. The summed E-state index contributed by atoms with van der Waals surface area (Å²) in [7, 11) is 0. The number of alkyl halides is 3. The minimum absolute atomic E-state index is 0.00512. The van der Waals surface area contributed by atoms with Gasteiger partial charge in [0.15, 0.2) is 0 Å². The lowest BCUT2D eigenvalue weighted by molar-refractivity contribution is -0.274. The number of carbonyl (C=O) groups is 1. The van der Waals surface area contributed by atoms with Crippen LogP contribution in [0.25, 0.3) is 10.9 Å². The zero-order valence-corrected chi connectivity index (χ0v) is 10.4. The fourth-order valence-corrected chi connectivity index (χ4v) is 1.81. The number of anilines is 1. The van der Waals surface area contributed by atoms with Gasteiger partial charge in [-0.2, -0.15) is 0 Å². The highest BCUT2D eigenvalue weighted by atomic mass is 19.4. The predicted molar refractivity (Wildman–Crippen MR) is 65.4 cm³/mol. The predicted octanol–water partition coefficient (Wildman–Crippen LogP) is 2.83. The van der Waals surface area contributed by atoms with Crippen LogP contribution in [0, 0.1) is 0 Å². The van der Waals surface area contributed by atoms with E-state index in [9.17, 15) is 18.0 Å². The lowest BCUT2D eigenvalue weighted by atomic mass is 10.1. The van der Waals surface area contributed by atoms with E-state index < -0.39 is 18.1 Å². The maximum Gasteiger partial charge on any atom is 0.573 e. The summed E-state index contributed by atoms with van der Waals surface area (Å²) < 4.78 is 45.2. The van der Waals surface area contributed by atoms with Gasteiger partial charge >= 0.3 is 12.3 Å². The van der Waals surface area contributed by atoms with Gasteiger partial charge in [-0.3, -0.25) is 0 Å². The molecule has 0 saturated heterocycles. The summed E-state index contributed by atoms with van der Waals surface area (Å²) in [5, 5.41) is 0.211. The third-order valence-electron chi connectivity index (χ3n) is 2.51. The minimum Gasteiger partial charge on any atom is -0.462 e. The highest BCUT2D eigenvalue weighted by Crippen LogP contribution is 2.31. The fraction of sp³-hybridized carbons (Fsp3) is 0.250. The van der Waals surface area contributed by atoms with Crippen LogP contribution in [0.15, 0.2) is 18.2 Å². The van der Waals surface area contributed by atoms with Crippen molar-refractivity contribution in [1.82, 2.24) is 4.98 Å². The van der Waals surface area contributed by atoms with Crippen molar-refractivity contribution in [3.05, 3.63) is 23.8 Å². The van der Waals surface area contributed by atoms with Crippen LogP contribution in [-0.4, -0.2) is 23.9 Å². The Labute approximate surface area is 111 Å². The van der Waals surface area contributed by atoms with Crippen molar-refractivity contribution in [1.29, 1.82) is 0 Å². The average molecular weight is 288 g/mol. The van der Waals surface area contributed by atoms with E-state index in [1.807, 2.05) is 0 Å². The number of hydrogen-bond donors (Lipinski definition) is 2. The van der Waals surface area contributed by atoms with Crippen molar-refractivity contribution >= 4 is 22.7 Å². The molecule has 0 unspecified atom stereocenters. The minimum atomic E-state index is -4.81. The van der Waals surface area contributed by atoms with Gasteiger partial charge in [0.05, 0.1) is 6.61 Å². The van der Waals surface area contributed by atoms with E-state index in [-0.39, 0.29) is 23.4 Å². The van der Waals surface area contributed by atoms with Gasteiger partial charge in [0.2, 0.25) is 0 Å². The Morgan fingerprint density at radius 1 is 1.40 bits per heavy atom. The number of nitrogen functional groups attached to an aromatic ring is 1. The van der Waals surface area contributed by atoms with Crippen molar-refractivity contribution in [3.63, 3.8) is 0 Å². The Morgan fingerprint density at radius 3 is 2.70 bits per heavy atom. The molecule has 0 aliphatic heterocycles. The van der Waals surface area contributed by atoms with Crippen molar-refractivity contribution in [2.45, 2.75) is 13.3 Å². The van der Waals surface area contributed by atoms with Gasteiger partial charge in [-0.15, -0.1) is 13.2 Å². The van der Waals surface area contributed by atoms with Crippen molar-refractivity contribution < 1.29 is 27.4 Å². The molecule has 0 fully saturated rings. The number of hydrogen-bond acceptors (Lipinski definition) is 4. The van der Waals surface area contributed by atoms with Crippen LogP contribution in [-0.2, 0) is 4.74 Å². The molecule has 1 heterocycles. The molecule has 2 rings (SSSR count). The van der Waals surface area contributed by atoms with Gasteiger partial charge in [-0.25, -0.2) is 4.79 Å². The molecule has 0 aliphatic carbocycles. The molecule has 0 amide bonds. The van der Waals surface area contributed by atoms with Gasteiger partial charge in [0.25, 0.3) is 0 Å². The summed E-state index contributed by atoms with van der Waals surface area (Å²) in [4.78, 5) is 14.4. The Balaban J connectivity index is 2.49. The SMILES string of the molecule is CCOC(=O)c1c(N)[nH]c2ccc(OC(F)(F)F)cc12. The molecule has 0 atom stereocenters. The molecule has 0 aliphatic rings. The second-order valence-corrected chi connectivity index (χ2v) is 3.89.